The van der Waals surface area contributed by atoms with Crippen LogP contribution in [0.4, 0.5) is 5.13 Å². The van der Waals surface area contributed by atoms with Crippen LogP contribution in [0.1, 0.15) is 0 Å². The van der Waals surface area contributed by atoms with Gasteiger partial charge in [-0.2, -0.15) is 0 Å². The Balaban J connectivity index is 0.00000220. The van der Waals surface area contributed by atoms with Gasteiger partial charge in [-0.05, 0) is 10.8 Å². The summed E-state index contributed by atoms with van der Waals surface area (Å²) in [6.45, 7) is 0. The van der Waals surface area contributed by atoms with E-state index in [1.807, 2.05) is 30.3 Å². The van der Waals surface area contributed by atoms with Crippen molar-refractivity contribution in [3.8, 4) is 11.3 Å². The van der Waals surface area contributed by atoms with Gasteiger partial charge in [0.15, 0.2) is 5.13 Å². The average Bonchev–Trinajstić information content (AvgIpc) is 2.85. The Bertz CT molecular complexity index is 703. The number of hydrogen-bond donors (Lipinski definition) is 1. The number of anilines is 1. The number of amides is 1. The molecule has 1 amide bonds. The molecular weight excluding hydrogens is 343 g/mol. The van der Waals surface area contributed by atoms with Crippen molar-refractivity contribution in [2.24, 2.45) is 0 Å². The van der Waals surface area contributed by atoms with E-state index >= 15 is 0 Å². The predicted octanol–water partition coefficient (Wildman–Crippen LogP) is -1.05. The largest absolute Gasteiger partial charge is 1.00 e. The van der Waals surface area contributed by atoms with Gasteiger partial charge < -0.3 is 9.87 Å². The van der Waals surface area contributed by atoms with Crippen LogP contribution in [0.15, 0.2) is 35.7 Å². The van der Waals surface area contributed by atoms with E-state index in [0.29, 0.717) is 5.13 Å². The molecule has 0 radical (unpaired) electrons. The molecule has 0 aliphatic heterocycles. The summed E-state index contributed by atoms with van der Waals surface area (Å²) in [6, 6.07) is 9.42. The Labute approximate surface area is 151 Å². The topological polar surface area (TPSA) is 99.2 Å². The Morgan fingerprint density at radius 2 is 2.00 bits per heavy atom. The van der Waals surface area contributed by atoms with Crippen molar-refractivity contribution in [1.82, 2.24) is 4.98 Å². The summed E-state index contributed by atoms with van der Waals surface area (Å²) in [6.07, 6.45) is 0. The minimum atomic E-state index is -4.46. The first-order valence-corrected chi connectivity index (χ1v) is 9.14. The van der Waals surface area contributed by atoms with Crippen molar-refractivity contribution in [2.75, 3.05) is 11.1 Å². The summed E-state index contributed by atoms with van der Waals surface area (Å²) in [5, 5.41) is 4.59. The summed E-state index contributed by atoms with van der Waals surface area (Å²) in [5.41, 5.74) is 1.63. The van der Waals surface area contributed by atoms with E-state index in [1.54, 1.807) is 5.38 Å². The number of thiazole rings is 1. The maximum Gasteiger partial charge on any atom is 1.00 e. The van der Waals surface area contributed by atoms with Gasteiger partial charge in [0.25, 0.3) is 0 Å². The number of aromatic nitrogens is 1. The van der Waals surface area contributed by atoms with Gasteiger partial charge in [-0.15, -0.1) is 11.3 Å². The third kappa shape index (κ3) is 6.47. The van der Waals surface area contributed by atoms with Crippen LogP contribution in [-0.4, -0.2) is 29.6 Å². The summed E-state index contributed by atoms with van der Waals surface area (Å²) < 4.78 is 31.2. The molecule has 10 heteroatoms. The molecule has 0 aliphatic carbocycles. The van der Waals surface area contributed by atoms with Gasteiger partial charge in [0.1, 0.15) is 9.15 Å². The molecule has 0 spiro atoms. The van der Waals surface area contributed by atoms with E-state index in [2.05, 4.69) is 10.3 Å². The van der Waals surface area contributed by atoms with Crippen molar-refractivity contribution >= 4 is 42.3 Å². The van der Waals surface area contributed by atoms with Crippen LogP contribution in [-0.2, 0) is 13.9 Å². The monoisotopic (exact) mass is 352 g/mol. The van der Waals surface area contributed by atoms with Crippen LogP contribution in [0.3, 0.4) is 0 Å². The van der Waals surface area contributed by atoms with Crippen LogP contribution in [0.5, 0.6) is 0 Å². The molecule has 1 aromatic carbocycles. The molecule has 0 saturated carbocycles. The number of nitrogens with zero attached hydrogens (tertiary/aromatic N) is 1. The SMILES string of the molecule is O=C(CSS(=O)(=O)[O-])Nc1nc(-c2ccccc2)cs1.[Na+]. The molecule has 0 bridgehead atoms. The van der Waals surface area contributed by atoms with Crippen molar-refractivity contribution in [2.45, 2.75) is 0 Å². The minimum Gasteiger partial charge on any atom is -0.739 e. The first-order chi connectivity index (χ1) is 9.44. The minimum absolute atomic E-state index is 0. The number of carbonyl (C=O) groups excluding carboxylic acids is 1. The van der Waals surface area contributed by atoms with Gasteiger partial charge in [-0.25, -0.2) is 13.4 Å². The molecule has 0 saturated heterocycles. The fourth-order valence-corrected chi connectivity index (χ4v) is 3.17. The summed E-state index contributed by atoms with van der Waals surface area (Å²) in [5.74, 6) is -1.03. The van der Waals surface area contributed by atoms with Crippen LogP contribution in [0, 0.1) is 0 Å². The standard InChI is InChI=1S/C11H10N2O4S3.Na/c14-10(7-19-20(15,16)17)13-11-12-9(6-18-11)8-4-2-1-3-5-8;/h1-6H,7H2,(H,12,13,14)(H,15,16,17);/q;+1/p-1. The number of nitrogens with one attached hydrogen (secondary N) is 1. The van der Waals surface area contributed by atoms with Crippen LogP contribution in [0.2, 0.25) is 0 Å². The molecule has 2 rings (SSSR count). The van der Waals surface area contributed by atoms with Gasteiger partial charge in [0.05, 0.1) is 11.4 Å². The van der Waals surface area contributed by atoms with Crippen molar-refractivity contribution in [3.63, 3.8) is 0 Å². The molecule has 0 atom stereocenters. The van der Waals surface area contributed by atoms with E-state index in [9.17, 15) is 17.8 Å². The Kier molecular flexibility index (Phi) is 7.34. The molecule has 6 nitrogen and oxygen atoms in total. The van der Waals surface area contributed by atoms with Crippen LogP contribution in [0.25, 0.3) is 11.3 Å². The quantitative estimate of drug-likeness (QED) is 0.419. The van der Waals surface area contributed by atoms with E-state index < -0.39 is 20.8 Å². The Morgan fingerprint density at radius 1 is 1.33 bits per heavy atom. The molecule has 0 aliphatic rings. The zero-order valence-corrected chi connectivity index (χ0v) is 15.4. The normalized spacial score (nSPS) is 10.7. The molecule has 1 N–H and O–H groups in total. The molecule has 1 heterocycles. The predicted molar refractivity (Wildman–Crippen MR) is 78.3 cm³/mol. The summed E-state index contributed by atoms with van der Waals surface area (Å²) in [7, 11) is -4.41. The zero-order chi connectivity index (χ0) is 14.6. The summed E-state index contributed by atoms with van der Waals surface area (Å²) >= 11 is 1.23. The molecular formula is C11H9N2NaO4S3. The zero-order valence-electron chi connectivity index (χ0n) is 11.0. The number of carbonyl (C=O) groups is 1. The third-order valence-electron chi connectivity index (χ3n) is 2.15. The number of rotatable bonds is 5. The first-order valence-electron chi connectivity index (χ1n) is 5.35. The number of benzene rings is 1. The molecule has 106 valence electrons. The van der Waals surface area contributed by atoms with Crippen LogP contribution < -0.4 is 34.9 Å². The second-order valence-corrected chi connectivity index (χ2v) is 7.75. The smallest absolute Gasteiger partial charge is 0.739 e. The molecule has 0 unspecified atom stereocenters. The second-order valence-electron chi connectivity index (χ2n) is 3.62. The fraction of sp³-hybridized carbons (Fsp3) is 0.0909. The average molecular weight is 352 g/mol. The fourth-order valence-electron chi connectivity index (χ4n) is 1.35. The number of hydrogen-bond acceptors (Lipinski definition) is 7. The van der Waals surface area contributed by atoms with E-state index in [1.165, 1.54) is 11.3 Å². The molecule has 0 fully saturated rings. The van der Waals surface area contributed by atoms with Crippen LogP contribution >= 0.6 is 22.1 Å². The van der Waals surface area contributed by atoms with Gasteiger partial charge in [-0.3, -0.25) is 4.79 Å². The molecule has 2 aromatic rings. The maximum atomic E-state index is 11.4. The Morgan fingerprint density at radius 3 is 2.62 bits per heavy atom. The van der Waals surface area contributed by atoms with Crippen molar-refractivity contribution < 1.29 is 47.3 Å². The van der Waals surface area contributed by atoms with E-state index in [0.717, 1.165) is 11.3 Å². The molecule has 1 aromatic heterocycles. The van der Waals surface area contributed by atoms with Crippen molar-refractivity contribution in [1.29, 1.82) is 0 Å². The van der Waals surface area contributed by atoms with Gasteiger partial charge in [0.2, 0.25) is 5.91 Å². The van der Waals surface area contributed by atoms with Gasteiger partial charge in [0, 0.05) is 10.9 Å². The van der Waals surface area contributed by atoms with E-state index in [4.69, 9.17) is 0 Å². The Hall–Kier alpha value is -0.420. The molecule has 21 heavy (non-hydrogen) atoms. The maximum absolute atomic E-state index is 11.4. The third-order valence-corrected chi connectivity index (χ3v) is 4.80. The second kappa shape index (κ2) is 8.28. The van der Waals surface area contributed by atoms with Gasteiger partial charge in [-0.1, -0.05) is 30.3 Å². The summed E-state index contributed by atoms with van der Waals surface area (Å²) in [4.78, 5) is 15.7. The van der Waals surface area contributed by atoms with Crippen molar-refractivity contribution in [3.05, 3.63) is 35.7 Å². The first kappa shape index (κ1) is 18.6. The van der Waals surface area contributed by atoms with Gasteiger partial charge >= 0.3 is 29.6 Å². The van der Waals surface area contributed by atoms with E-state index in [-0.39, 0.29) is 40.4 Å².